The van der Waals surface area contributed by atoms with Crippen LogP contribution in [-0.4, -0.2) is 35.0 Å². The minimum Gasteiger partial charge on any atom is -0.432 e. The van der Waals surface area contributed by atoms with Crippen molar-refractivity contribution >= 4 is 34.9 Å². The van der Waals surface area contributed by atoms with Crippen molar-refractivity contribution in [2.45, 2.75) is 11.3 Å². The van der Waals surface area contributed by atoms with Crippen LogP contribution in [0.4, 0.5) is 0 Å². The molecule has 2 N–H and O–H groups in total. The number of benzene rings is 2. The van der Waals surface area contributed by atoms with Crippen molar-refractivity contribution in [3.05, 3.63) is 60.2 Å². The molecule has 1 unspecified atom stereocenters. The van der Waals surface area contributed by atoms with E-state index >= 15 is 0 Å². The zero-order chi connectivity index (χ0) is 17.7. The largest absolute Gasteiger partial charge is 0.432 e. The summed E-state index contributed by atoms with van der Waals surface area (Å²) in [6.07, 6.45) is 0.572. The summed E-state index contributed by atoms with van der Waals surface area (Å²) in [5, 5.41) is 13.2. The number of aliphatic hydroxyl groups is 1. The number of hydrogen-bond acceptors (Lipinski definition) is 5. The minimum absolute atomic E-state index is 0.0504. The lowest BCUT2D eigenvalue weighted by Gasteiger charge is -2.29. The zero-order valence-electron chi connectivity index (χ0n) is 13.6. The molecule has 0 amide bonds. The van der Waals surface area contributed by atoms with Gasteiger partial charge in [-0.1, -0.05) is 36.4 Å². The standard InChI is InChI=1S/C19H19NO3S2/c21-13-19(12-20-18(24)23-14-6-2-1-3-7-14)10-11-25-16-9-5-4-8-15(16)17(19)22/h1-9,21H,10-13H2,(H,20,24). The second kappa shape index (κ2) is 7.99. The van der Waals surface area contributed by atoms with E-state index in [0.717, 1.165) is 10.6 Å². The molecule has 0 aromatic heterocycles. The topological polar surface area (TPSA) is 58.6 Å². The van der Waals surface area contributed by atoms with Gasteiger partial charge in [-0.05, 0) is 42.6 Å². The lowest BCUT2D eigenvalue weighted by Crippen LogP contribution is -2.46. The Labute approximate surface area is 156 Å². The quantitative estimate of drug-likeness (QED) is 0.802. The lowest BCUT2D eigenvalue weighted by atomic mass is 9.78. The van der Waals surface area contributed by atoms with Gasteiger partial charge in [-0.25, -0.2) is 0 Å². The van der Waals surface area contributed by atoms with E-state index in [4.69, 9.17) is 17.0 Å². The number of aliphatic hydroxyl groups excluding tert-OH is 1. The van der Waals surface area contributed by atoms with Gasteiger partial charge in [0.25, 0.3) is 5.17 Å². The Balaban J connectivity index is 1.72. The van der Waals surface area contributed by atoms with Crippen molar-refractivity contribution in [2.75, 3.05) is 18.9 Å². The molecule has 0 radical (unpaired) electrons. The van der Waals surface area contributed by atoms with Gasteiger partial charge >= 0.3 is 0 Å². The van der Waals surface area contributed by atoms with Crippen molar-refractivity contribution in [2.24, 2.45) is 5.41 Å². The van der Waals surface area contributed by atoms with E-state index in [1.165, 1.54) is 0 Å². The predicted octanol–water partition coefficient (Wildman–Crippen LogP) is 3.30. The molecular formula is C19H19NO3S2. The first-order chi connectivity index (χ1) is 12.1. The van der Waals surface area contributed by atoms with Gasteiger partial charge < -0.3 is 15.2 Å². The van der Waals surface area contributed by atoms with Gasteiger partial charge in [0.15, 0.2) is 5.78 Å². The molecule has 3 rings (SSSR count). The molecule has 0 saturated heterocycles. The zero-order valence-corrected chi connectivity index (χ0v) is 15.2. The molecule has 1 atom stereocenters. The maximum atomic E-state index is 13.1. The van der Waals surface area contributed by atoms with Crippen molar-refractivity contribution < 1.29 is 14.6 Å². The number of fused-ring (bicyclic) bond motifs is 1. The van der Waals surface area contributed by atoms with Crippen LogP contribution < -0.4 is 10.1 Å². The van der Waals surface area contributed by atoms with Crippen molar-refractivity contribution in [3.63, 3.8) is 0 Å². The SMILES string of the molecule is O=C1c2ccccc2SCCC1(CO)CNC(=S)Oc1ccccc1. The molecule has 1 aliphatic heterocycles. The molecule has 2 aromatic carbocycles. The highest BCUT2D eigenvalue weighted by molar-refractivity contribution is 7.99. The molecular weight excluding hydrogens is 354 g/mol. The van der Waals surface area contributed by atoms with Gasteiger partial charge in [-0.3, -0.25) is 4.79 Å². The number of carbonyl (C=O) groups excluding carboxylic acids is 1. The minimum atomic E-state index is -0.899. The molecule has 0 spiro atoms. The summed E-state index contributed by atoms with van der Waals surface area (Å²) in [7, 11) is 0. The van der Waals surface area contributed by atoms with E-state index in [1.54, 1.807) is 23.9 Å². The molecule has 130 valence electrons. The fourth-order valence-electron chi connectivity index (χ4n) is 2.78. The van der Waals surface area contributed by atoms with E-state index in [9.17, 15) is 9.90 Å². The molecule has 0 bridgehead atoms. The monoisotopic (exact) mass is 373 g/mol. The molecule has 1 heterocycles. The third-order valence-electron chi connectivity index (χ3n) is 4.28. The first-order valence-electron chi connectivity index (χ1n) is 8.03. The van der Waals surface area contributed by atoms with Crippen molar-refractivity contribution in [3.8, 4) is 5.75 Å². The van der Waals surface area contributed by atoms with Crippen LogP contribution >= 0.6 is 24.0 Å². The Hall–Kier alpha value is -1.89. The lowest BCUT2D eigenvalue weighted by molar-refractivity contribution is 0.0638. The number of ketones is 1. The Morgan fingerprint density at radius 2 is 1.92 bits per heavy atom. The Bertz CT molecular complexity index is 766. The van der Waals surface area contributed by atoms with E-state index in [-0.39, 0.29) is 24.1 Å². The summed E-state index contributed by atoms with van der Waals surface area (Å²) in [6.45, 7) is 0.00454. The molecule has 25 heavy (non-hydrogen) atoms. The van der Waals surface area contributed by atoms with Gasteiger partial charge in [0.1, 0.15) is 5.75 Å². The number of nitrogens with one attached hydrogen (secondary N) is 1. The van der Waals surface area contributed by atoms with E-state index in [0.29, 0.717) is 17.7 Å². The Kier molecular flexibility index (Phi) is 5.73. The maximum absolute atomic E-state index is 13.1. The summed E-state index contributed by atoms with van der Waals surface area (Å²) in [5.41, 5.74) is -0.236. The molecule has 6 heteroatoms. The van der Waals surface area contributed by atoms with Crippen LogP contribution in [0.15, 0.2) is 59.5 Å². The summed E-state index contributed by atoms with van der Waals surface area (Å²) < 4.78 is 5.55. The fourth-order valence-corrected chi connectivity index (χ4v) is 4.16. The molecule has 0 fully saturated rings. The van der Waals surface area contributed by atoms with Gasteiger partial charge in [0, 0.05) is 17.0 Å². The maximum Gasteiger partial charge on any atom is 0.262 e. The van der Waals surface area contributed by atoms with Crippen LogP contribution in [0.2, 0.25) is 0 Å². The van der Waals surface area contributed by atoms with Gasteiger partial charge in [0.2, 0.25) is 0 Å². The molecule has 2 aromatic rings. The Morgan fingerprint density at radius 3 is 2.68 bits per heavy atom. The normalized spacial score (nSPS) is 19.6. The first-order valence-corrected chi connectivity index (χ1v) is 9.42. The summed E-state index contributed by atoms with van der Waals surface area (Å²) in [6, 6.07) is 16.8. The van der Waals surface area contributed by atoms with E-state index in [1.807, 2.05) is 42.5 Å². The molecule has 0 saturated carbocycles. The molecule has 0 aliphatic carbocycles. The van der Waals surface area contributed by atoms with Crippen molar-refractivity contribution in [1.29, 1.82) is 0 Å². The third kappa shape index (κ3) is 4.03. The fraction of sp³-hybridized carbons (Fsp3) is 0.263. The number of para-hydroxylation sites is 1. The van der Waals surface area contributed by atoms with Gasteiger partial charge in [-0.2, -0.15) is 0 Å². The Morgan fingerprint density at radius 1 is 1.20 bits per heavy atom. The average molecular weight is 373 g/mol. The predicted molar refractivity (Wildman–Crippen MR) is 103 cm³/mol. The highest BCUT2D eigenvalue weighted by atomic mass is 32.2. The average Bonchev–Trinajstić information content (AvgIpc) is 2.78. The van der Waals surface area contributed by atoms with Crippen LogP contribution in [0.3, 0.4) is 0 Å². The number of rotatable bonds is 4. The van der Waals surface area contributed by atoms with Crippen LogP contribution in [0.25, 0.3) is 0 Å². The van der Waals surface area contributed by atoms with Crippen molar-refractivity contribution in [1.82, 2.24) is 5.32 Å². The number of Topliss-reactive ketones (excluding diaryl/α,β-unsaturated/α-hetero) is 1. The smallest absolute Gasteiger partial charge is 0.262 e. The van der Waals surface area contributed by atoms with Gasteiger partial charge in [-0.15, -0.1) is 11.8 Å². The highest BCUT2D eigenvalue weighted by Crippen LogP contribution is 2.37. The van der Waals surface area contributed by atoms with Crippen LogP contribution in [0.5, 0.6) is 5.75 Å². The summed E-state index contributed by atoms with van der Waals surface area (Å²) in [4.78, 5) is 14.0. The first kappa shape index (κ1) is 17.9. The third-order valence-corrected chi connectivity index (χ3v) is 5.58. The summed E-state index contributed by atoms with van der Waals surface area (Å²) in [5.74, 6) is 1.34. The highest BCUT2D eigenvalue weighted by Gasteiger charge is 2.41. The van der Waals surface area contributed by atoms with Gasteiger partial charge in [0.05, 0.1) is 12.0 Å². The number of ether oxygens (including phenoxy) is 1. The van der Waals surface area contributed by atoms with E-state index < -0.39 is 5.41 Å². The van der Waals surface area contributed by atoms with E-state index in [2.05, 4.69) is 5.32 Å². The molecule has 4 nitrogen and oxygen atoms in total. The molecule has 1 aliphatic rings. The number of thioether (sulfide) groups is 1. The second-order valence-corrected chi connectivity index (χ2v) is 7.43. The number of thiocarbonyl (C=S) groups is 1. The number of hydrogen-bond donors (Lipinski definition) is 2. The number of carbonyl (C=O) groups is 1. The summed E-state index contributed by atoms with van der Waals surface area (Å²) >= 11 is 6.86. The van der Waals surface area contributed by atoms with Crippen LogP contribution in [-0.2, 0) is 0 Å². The van der Waals surface area contributed by atoms with Crippen LogP contribution in [0.1, 0.15) is 16.8 Å². The second-order valence-electron chi connectivity index (χ2n) is 5.92. The van der Waals surface area contributed by atoms with Crippen LogP contribution in [0, 0.1) is 5.41 Å².